The minimum atomic E-state index is 0.324. The van der Waals surface area contributed by atoms with E-state index in [4.69, 9.17) is 0 Å². The molecule has 84 valence electrons. The van der Waals surface area contributed by atoms with Gasteiger partial charge in [-0.25, -0.2) is 0 Å². The van der Waals surface area contributed by atoms with Gasteiger partial charge in [0, 0.05) is 0 Å². The molecule has 2 aromatic rings. The summed E-state index contributed by atoms with van der Waals surface area (Å²) in [4.78, 5) is 0.324. The van der Waals surface area contributed by atoms with Crippen LogP contribution < -0.4 is 0 Å². The zero-order valence-corrected chi connectivity index (χ0v) is 11.9. The van der Waals surface area contributed by atoms with Gasteiger partial charge < -0.3 is 0 Å². The summed E-state index contributed by atoms with van der Waals surface area (Å²) in [5, 5.41) is 4.42. The van der Waals surface area contributed by atoms with Crippen molar-refractivity contribution in [3.63, 3.8) is 0 Å². The van der Waals surface area contributed by atoms with Gasteiger partial charge in [0.05, 0.1) is 4.83 Å². The molecule has 0 aliphatic heterocycles. The van der Waals surface area contributed by atoms with Crippen LogP contribution in [0.5, 0.6) is 0 Å². The monoisotopic (exact) mass is 294 g/mol. The fraction of sp³-hybridized carbons (Fsp3) is 0.286. The number of aryl methyl sites for hydroxylation is 2. The summed E-state index contributed by atoms with van der Waals surface area (Å²) < 4.78 is 0. The highest BCUT2D eigenvalue weighted by molar-refractivity contribution is 9.09. The zero-order chi connectivity index (χ0) is 11.5. The van der Waals surface area contributed by atoms with Crippen LogP contribution in [0.3, 0.4) is 0 Å². The van der Waals surface area contributed by atoms with E-state index in [1.54, 1.807) is 11.3 Å². The van der Waals surface area contributed by atoms with E-state index in [0.29, 0.717) is 4.83 Å². The first-order valence-electron chi connectivity index (χ1n) is 5.48. The van der Waals surface area contributed by atoms with Crippen LogP contribution in [0.25, 0.3) is 0 Å². The smallest absolute Gasteiger partial charge is 0.0655 e. The Balaban J connectivity index is 2.27. The topological polar surface area (TPSA) is 0 Å². The van der Waals surface area contributed by atoms with Crippen LogP contribution in [0.1, 0.15) is 34.0 Å². The van der Waals surface area contributed by atoms with Crippen molar-refractivity contribution in [2.75, 3.05) is 0 Å². The molecule has 1 unspecified atom stereocenters. The van der Waals surface area contributed by atoms with E-state index in [0.717, 1.165) is 6.42 Å². The summed E-state index contributed by atoms with van der Waals surface area (Å²) in [5.74, 6) is 0. The summed E-state index contributed by atoms with van der Waals surface area (Å²) >= 11 is 5.54. The van der Waals surface area contributed by atoms with Crippen molar-refractivity contribution in [2.24, 2.45) is 0 Å². The molecule has 2 heteroatoms. The summed E-state index contributed by atoms with van der Waals surface area (Å²) in [6.45, 7) is 4.35. The lowest BCUT2D eigenvalue weighted by atomic mass is 10.0. The molecule has 0 nitrogen and oxygen atoms in total. The fourth-order valence-electron chi connectivity index (χ4n) is 1.73. The third-order valence-corrected chi connectivity index (χ3v) is 4.75. The molecule has 0 saturated carbocycles. The second-order valence-corrected chi connectivity index (χ2v) is 5.63. The first-order chi connectivity index (χ1) is 7.72. The van der Waals surface area contributed by atoms with E-state index < -0.39 is 0 Å². The summed E-state index contributed by atoms with van der Waals surface area (Å²) in [7, 11) is 0. The molecular formula is C14H15BrS. The Hall–Kier alpha value is -0.600. The molecule has 2 rings (SSSR count). The lowest BCUT2D eigenvalue weighted by Gasteiger charge is -2.10. The number of rotatable bonds is 3. The average molecular weight is 295 g/mol. The molecule has 0 aliphatic rings. The summed E-state index contributed by atoms with van der Waals surface area (Å²) in [6, 6.07) is 8.86. The lowest BCUT2D eigenvalue weighted by Crippen LogP contribution is -1.93. The van der Waals surface area contributed by atoms with Gasteiger partial charge in [0.25, 0.3) is 0 Å². The molecule has 0 amide bonds. The molecule has 0 aliphatic carbocycles. The Bertz CT molecular complexity index is 456. The van der Waals surface area contributed by atoms with E-state index in [1.807, 2.05) is 0 Å². The van der Waals surface area contributed by atoms with Crippen molar-refractivity contribution in [3.8, 4) is 0 Å². The predicted molar refractivity (Wildman–Crippen MR) is 75.6 cm³/mol. The Morgan fingerprint density at radius 3 is 2.38 bits per heavy atom. The number of alkyl halides is 1. The maximum absolute atomic E-state index is 3.78. The Morgan fingerprint density at radius 1 is 1.19 bits per heavy atom. The Morgan fingerprint density at radius 2 is 1.88 bits per heavy atom. The molecule has 0 bridgehead atoms. The van der Waals surface area contributed by atoms with Crippen LogP contribution in [-0.4, -0.2) is 0 Å². The van der Waals surface area contributed by atoms with E-state index >= 15 is 0 Å². The third-order valence-electron chi connectivity index (χ3n) is 2.85. The van der Waals surface area contributed by atoms with Crippen LogP contribution >= 0.6 is 27.3 Å². The average Bonchev–Trinajstić information content (AvgIpc) is 2.75. The molecule has 1 aromatic heterocycles. The molecule has 0 N–H and O–H groups in total. The molecule has 0 fully saturated rings. The second kappa shape index (κ2) is 5.15. The van der Waals surface area contributed by atoms with Gasteiger partial charge in [-0.3, -0.25) is 0 Å². The van der Waals surface area contributed by atoms with Gasteiger partial charge >= 0.3 is 0 Å². The first-order valence-corrected chi connectivity index (χ1v) is 7.33. The van der Waals surface area contributed by atoms with Crippen molar-refractivity contribution in [1.29, 1.82) is 0 Å². The number of thiophene rings is 1. The largest absolute Gasteiger partial charge is 0.152 e. The number of hydrogen-bond acceptors (Lipinski definition) is 1. The van der Waals surface area contributed by atoms with Crippen molar-refractivity contribution in [2.45, 2.75) is 25.1 Å². The minimum Gasteiger partial charge on any atom is -0.152 e. The van der Waals surface area contributed by atoms with Crippen molar-refractivity contribution in [3.05, 3.63) is 57.3 Å². The van der Waals surface area contributed by atoms with E-state index in [-0.39, 0.29) is 0 Å². The number of hydrogen-bond donors (Lipinski definition) is 0. The van der Waals surface area contributed by atoms with Gasteiger partial charge in [0.1, 0.15) is 0 Å². The van der Waals surface area contributed by atoms with Gasteiger partial charge in [0.15, 0.2) is 0 Å². The molecule has 0 saturated heterocycles. The highest BCUT2D eigenvalue weighted by Crippen LogP contribution is 2.34. The van der Waals surface area contributed by atoms with Crippen LogP contribution in [0.4, 0.5) is 0 Å². The van der Waals surface area contributed by atoms with E-state index in [1.165, 1.54) is 22.3 Å². The molecule has 0 radical (unpaired) electrons. The zero-order valence-electron chi connectivity index (χ0n) is 9.53. The predicted octanol–water partition coefficient (Wildman–Crippen LogP) is 5.10. The standard InChI is InChI=1S/C14H15BrS/c1-3-11-4-6-12(7-5-11)14(15)13-9-16-8-10(13)2/h4-9,14H,3H2,1-2H3. The maximum atomic E-state index is 3.78. The van der Waals surface area contributed by atoms with E-state index in [2.05, 4.69) is 64.8 Å². The second-order valence-electron chi connectivity index (χ2n) is 3.97. The van der Waals surface area contributed by atoms with Gasteiger partial charge in [0.2, 0.25) is 0 Å². The summed E-state index contributed by atoms with van der Waals surface area (Å²) in [5.41, 5.74) is 5.48. The molecule has 1 heterocycles. The molecular weight excluding hydrogens is 280 g/mol. The fourth-order valence-corrected chi connectivity index (χ4v) is 3.58. The molecule has 16 heavy (non-hydrogen) atoms. The van der Waals surface area contributed by atoms with Crippen LogP contribution in [0, 0.1) is 6.92 Å². The Kier molecular flexibility index (Phi) is 3.82. The van der Waals surface area contributed by atoms with E-state index in [9.17, 15) is 0 Å². The number of halogens is 1. The number of benzene rings is 1. The maximum Gasteiger partial charge on any atom is 0.0655 e. The van der Waals surface area contributed by atoms with Gasteiger partial charge in [-0.1, -0.05) is 47.1 Å². The van der Waals surface area contributed by atoms with Crippen LogP contribution in [0.15, 0.2) is 35.0 Å². The van der Waals surface area contributed by atoms with Crippen molar-refractivity contribution >= 4 is 27.3 Å². The highest BCUT2D eigenvalue weighted by Gasteiger charge is 2.12. The molecule has 0 spiro atoms. The highest BCUT2D eigenvalue weighted by atomic mass is 79.9. The minimum absolute atomic E-state index is 0.324. The molecule has 1 aromatic carbocycles. The van der Waals surface area contributed by atoms with Crippen molar-refractivity contribution in [1.82, 2.24) is 0 Å². The first kappa shape index (κ1) is 11.9. The van der Waals surface area contributed by atoms with Crippen LogP contribution in [-0.2, 0) is 6.42 Å². The lowest BCUT2D eigenvalue weighted by molar-refractivity contribution is 1.11. The summed E-state index contributed by atoms with van der Waals surface area (Å²) in [6.07, 6.45) is 1.10. The quantitative estimate of drug-likeness (QED) is 0.691. The SMILES string of the molecule is CCc1ccc(C(Br)c2cscc2C)cc1. The third kappa shape index (κ3) is 2.38. The van der Waals surface area contributed by atoms with Gasteiger partial charge in [-0.05, 0) is 46.4 Å². The molecule has 1 atom stereocenters. The van der Waals surface area contributed by atoms with Gasteiger partial charge in [-0.15, -0.1) is 0 Å². The van der Waals surface area contributed by atoms with Gasteiger partial charge in [-0.2, -0.15) is 11.3 Å². The normalized spacial score (nSPS) is 12.7. The Labute approximate surface area is 109 Å². The van der Waals surface area contributed by atoms with Crippen LogP contribution in [0.2, 0.25) is 0 Å². The van der Waals surface area contributed by atoms with Crippen molar-refractivity contribution < 1.29 is 0 Å².